The van der Waals surface area contributed by atoms with Gasteiger partial charge in [-0.15, -0.1) is 12.4 Å². The fourth-order valence-corrected chi connectivity index (χ4v) is 1.89. The fraction of sp³-hybridized carbons (Fsp3) is 0.462. The van der Waals surface area contributed by atoms with Crippen molar-refractivity contribution in [2.24, 2.45) is 0 Å². The minimum atomic E-state index is -0.142. The van der Waals surface area contributed by atoms with E-state index in [4.69, 9.17) is 9.47 Å². The van der Waals surface area contributed by atoms with Gasteiger partial charge >= 0.3 is 0 Å². The van der Waals surface area contributed by atoms with Gasteiger partial charge in [-0.25, -0.2) is 0 Å². The molecule has 0 saturated carbocycles. The van der Waals surface area contributed by atoms with Crippen LogP contribution in [0.15, 0.2) is 18.2 Å². The first-order chi connectivity index (χ1) is 8.79. The molecule has 1 amide bonds. The first-order valence-corrected chi connectivity index (χ1v) is 6.03. The van der Waals surface area contributed by atoms with Crippen LogP contribution in [0.5, 0.6) is 0 Å². The molecule has 1 aromatic carbocycles. The van der Waals surface area contributed by atoms with Crippen LogP contribution in [0, 0.1) is 0 Å². The molecule has 0 aliphatic carbocycles. The number of carbonyl (C=O) groups is 1. The molecule has 5 nitrogen and oxygen atoms in total. The number of ether oxygens (including phenoxy) is 2. The molecule has 1 aliphatic rings. The Kier molecular flexibility index (Phi) is 6.62. The zero-order valence-corrected chi connectivity index (χ0v) is 11.7. The van der Waals surface area contributed by atoms with Gasteiger partial charge in [0.2, 0.25) is 5.91 Å². The summed E-state index contributed by atoms with van der Waals surface area (Å²) in [5.41, 5.74) is 3.22. The standard InChI is InChI=1S/C13H18N2O3.ClH/c1-17-6-7-18-9-13(16)15-11-2-3-12-10(8-11)4-5-14-12;/h2-3,8,14H,4-7,9H2,1H3,(H,15,16);1H. The van der Waals surface area contributed by atoms with Crippen molar-refractivity contribution >= 4 is 29.7 Å². The first kappa shape index (κ1) is 15.8. The van der Waals surface area contributed by atoms with E-state index in [1.807, 2.05) is 18.2 Å². The summed E-state index contributed by atoms with van der Waals surface area (Å²) in [6, 6.07) is 5.89. The predicted octanol–water partition coefficient (Wildman–Crippen LogP) is 1.68. The summed E-state index contributed by atoms with van der Waals surface area (Å²) in [6.07, 6.45) is 1.00. The number of anilines is 2. The maximum absolute atomic E-state index is 11.6. The van der Waals surface area contributed by atoms with Crippen LogP contribution in [0.3, 0.4) is 0 Å². The van der Waals surface area contributed by atoms with Crippen LogP contribution in [0.4, 0.5) is 11.4 Å². The van der Waals surface area contributed by atoms with Crippen molar-refractivity contribution in [3.8, 4) is 0 Å². The highest BCUT2D eigenvalue weighted by Crippen LogP contribution is 2.25. The number of hydrogen-bond donors (Lipinski definition) is 2. The number of benzene rings is 1. The lowest BCUT2D eigenvalue weighted by molar-refractivity contribution is -0.121. The Labute approximate surface area is 119 Å². The molecule has 0 fully saturated rings. The number of carbonyl (C=O) groups excluding carboxylic acids is 1. The molecule has 2 rings (SSSR count). The smallest absolute Gasteiger partial charge is 0.250 e. The maximum atomic E-state index is 11.6. The van der Waals surface area contributed by atoms with Crippen LogP contribution in [0.25, 0.3) is 0 Å². The van der Waals surface area contributed by atoms with E-state index in [0.717, 1.165) is 24.3 Å². The molecular weight excluding hydrogens is 268 g/mol. The molecule has 0 bridgehead atoms. The molecule has 0 unspecified atom stereocenters. The average Bonchev–Trinajstić information content (AvgIpc) is 2.82. The third-order valence-electron chi connectivity index (χ3n) is 2.76. The zero-order valence-electron chi connectivity index (χ0n) is 10.9. The van der Waals surface area contributed by atoms with Gasteiger partial charge < -0.3 is 20.1 Å². The Morgan fingerprint density at radius 1 is 1.42 bits per heavy atom. The second kappa shape index (κ2) is 7.99. The third-order valence-corrected chi connectivity index (χ3v) is 2.76. The van der Waals surface area contributed by atoms with Crippen molar-refractivity contribution in [3.63, 3.8) is 0 Å². The second-order valence-corrected chi connectivity index (χ2v) is 4.14. The zero-order chi connectivity index (χ0) is 12.8. The molecule has 0 radical (unpaired) electrons. The maximum Gasteiger partial charge on any atom is 0.250 e. The highest BCUT2D eigenvalue weighted by Gasteiger charge is 2.11. The molecule has 1 aromatic rings. The van der Waals surface area contributed by atoms with Gasteiger partial charge in [0.15, 0.2) is 0 Å². The van der Waals surface area contributed by atoms with E-state index < -0.39 is 0 Å². The van der Waals surface area contributed by atoms with Gasteiger partial charge in [0, 0.05) is 25.0 Å². The van der Waals surface area contributed by atoms with E-state index in [-0.39, 0.29) is 24.9 Å². The molecule has 0 atom stereocenters. The fourth-order valence-electron chi connectivity index (χ4n) is 1.89. The summed E-state index contributed by atoms with van der Waals surface area (Å²) in [7, 11) is 1.60. The molecule has 0 saturated heterocycles. The van der Waals surface area contributed by atoms with Gasteiger partial charge in [-0.2, -0.15) is 0 Å². The summed E-state index contributed by atoms with van der Waals surface area (Å²) in [5, 5.41) is 6.09. The van der Waals surface area contributed by atoms with Crippen LogP contribution in [0.1, 0.15) is 5.56 Å². The lowest BCUT2D eigenvalue weighted by Gasteiger charge is -2.07. The number of methoxy groups -OCH3 is 1. The van der Waals surface area contributed by atoms with Gasteiger partial charge in [-0.05, 0) is 30.2 Å². The SMILES string of the molecule is COCCOCC(=O)Nc1ccc2c(c1)CCN2.Cl. The number of fused-ring (bicyclic) bond motifs is 1. The molecule has 0 aromatic heterocycles. The molecule has 0 spiro atoms. The van der Waals surface area contributed by atoms with Gasteiger partial charge in [0.1, 0.15) is 6.61 Å². The Morgan fingerprint density at radius 3 is 3.05 bits per heavy atom. The number of nitrogens with one attached hydrogen (secondary N) is 2. The Bertz CT molecular complexity index is 426. The summed E-state index contributed by atoms with van der Waals surface area (Å²) < 4.78 is 9.98. The molecule has 19 heavy (non-hydrogen) atoms. The lowest BCUT2D eigenvalue weighted by atomic mass is 10.1. The van der Waals surface area contributed by atoms with Crippen LogP contribution in [-0.4, -0.2) is 39.4 Å². The number of hydrogen-bond acceptors (Lipinski definition) is 4. The van der Waals surface area contributed by atoms with Gasteiger partial charge in [0.05, 0.1) is 13.2 Å². The van der Waals surface area contributed by atoms with Crippen molar-refractivity contribution in [2.45, 2.75) is 6.42 Å². The van der Waals surface area contributed by atoms with Crippen molar-refractivity contribution in [1.82, 2.24) is 0 Å². The van der Waals surface area contributed by atoms with Crippen LogP contribution in [-0.2, 0) is 20.7 Å². The van der Waals surface area contributed by atoms with E-state index in [1.165, 1.54) is 5.56 Å². The highest BCUT2D eigenvalue weighted by molar-refractivity contribution is 5.92. The van der Waals surface area contributed by atoms with E-state index in [2.05, 4.69) is 10.6 Å². The number of amides is 1. The van der Waals surface area contributed by atoms with Gasteiger partial charge in [0.25, 0.3) is 0 Å². The molecule has 1 heterocycles. The third kappa shape index (κ3) is 4.70. The largest absolute Gasteiger partial charge is 0.384 e. The van der Waals surface area contributed by atoms with Crippen molar-refractivity contribution < 1.29 is 14.3 Å². The summed E-state index contributed by atoms with van der Waals surface area (Å²) in [6.45, 7) is 1.95. The Morgan fingerprint density at radius 2 is 2.26 bits per heavy atom. The van der Waals surface area contributed by atoms with Crippen LogP contribution < -0.4 is 10.6 Å². The minimum absolute atomic E-state index is 0. The van der Waals surface area contributed by atoms with Gasteiger partial charge in [-0.3, -0.25) is 4.79 Å². The summed E-state index contributed by atoms with van der Waals surface area (Å²) in [5.74, 6) is -0.142. The second-order valence-electron chi connectivity index (χ2n) is 4.14. The quantitative estimate of drug-likeness (QED) is 0.781. The van der Waals surface area contributed by atoms with Gasteiger partial charge in [-0.1, -0.05) is 0 Å². The predicted molar refractivity (Wildman–Crippen MR) is 77.2 cm³/mol. The van der Waals surface area contributed by atoms with E-state index >= 15 is 0 Å². The van der Waals surface area contributed by atoms with Crippen molar-refractivity contribution in [3.05, 3.63) is 23.8 Å². The number of rotatable bonds is 6. The van der Waals surface area contributed by atoms with Crippen LogP contribution in [0.2, 0.25) is 0 Å². The lowest BCUT2D eigenvalue weighted by Crippen LogP contribution is -2.19. The average molecular weight is 287 g/mol. The first-order valence-electron chi connectivity index (χ1n) is 6.03. The Hall–Kier alpha value is -1.30. The molecule has 1 aliphatic heterocycles. The van der Waals surface area contributed by atoms with Crippen molar-refractivity contribution in [2.75, 3.05) is 44.1 Å². The number of halogens is 1. The molecule has 106 valence electrons. The van der Waals surface area contributed by atoms with Crippen LogP contribution >= 0.6 is 12.4 Å². The van der Waals surface area contributed by atoms with E-state index in [9.17, 15) is 4.79 Å². The summed E-state index contributed by atoms with van der Waals surface area (Å²) in [4.78, 5) is 11.6. The minimum Gasteiger partial charge on any atom is -0.384 e. The van der Waals surface area contributed by atoms with Crippen molar-refractivity contribution in [1.29, 1.82) is 0 Å². The summed E-state index contributed by atoms with van der Waals surface area (Å²) >= 11 is 0. The monoisotopic (exact) mass is 286 g/mol. The van der Waals surface area contributed by atoms with E-state index in [1.54, 1.807) is 7.11 Å². The topological polar surface area (TPSA) is 59.6 Å². The normalized spacial score (nSPS) is 12.3. The molecule has 2 N–H and O–H groups in total. The molecular formula is C13H19ClN2O3. The molecule has 6 heteroatoms. The Balaban J connectivity index is 0.00000180. The highest BCUT2D eigenvalue weighted by atomic mass is 35.5. The van der Waals surface area contributed by atoms with E-state index in [0.29, 0.717) is 13.2 Å².